The highest BCUT2D eigenvalue weighted by Gasteiger charge is 2.18. The number of ether oxygens (including phenoxy) is 1. The van der Waals surface area contributed by atoms with Crippen molar-refractivity contribution < 1.29 is 9.84 Å². The first-order chi connectivity index (χ1) is 6.24. The number of hydrogen-bond acceptors (Lipinski definition) is 5. The summed E-state index contributed by atoms with van der Waals surface area (Å²) < 4.78 is 5.22. The van der Waals surface area contributed by atoms with E-state index in [1.807, 2.05) is 6.92 Å². The number of β-amino-alcohol motifs (C(OH)–C–C–N with tert-alkyl or cyclic N) is 1. The average molecular weight is 223 g/mol. The Morgan fingerprint density at radius 3 is 2.69 bits per heavy atom. The fraction of sp³-hybridized carbons (Fsp3) is 1.00. The van der Waals surface area contributed by atoms with E-state index in [1.54, 1.807) is 0 Å². The summed E-state index contributed by atoms with van der Waals surface area (Å²) in [5.41, 5.74) is 0. The van der Waals surface area contributed by atoms with Crippen LogP contribution in [-0.2, 0) is 4.74 Å². The first-order valence-corrected chi connectivity index (χ1v) is 6.45. The maximum absolute atomic E-state index is 9.72. The third kappa shape index (κ3) is 4.08. The van der Waals surface area contributed by atoms with Crippen LogP contribution in [0.1, 0.15) is 6.92 Å². The third-order valence-electron chi connectivity index (χ3n) is 2.26. The zero-order chi connectivity index (χ0) is 9.68. The van der Waals surface area contributed by atoms with Crippen LogP contribution < -0.4 is 0 Å². The summed E-state index contributed by atoms with van der Waals surface area (Å²) >= 11 is 4.09. The summed E-state index contributed by atoms with van der Waals surface area (Å²) in [6, 6.07) is 0. The van der Waals surface area contributed by atoms with Gasteiger partial charge in [0.05, 0.1) is 19.3 Å². The van der Waals surface area contributed by atoms with E-state index in [2.05, 4.69) is 16.6 Å². The van der Waals surface area contributed by atoms with Gasteiger partial charge in [-0.2, -0.15) is 0 Å². The van der Waals surface area contributed by atoms with Crippen molar-refractivity contribution in [2.75, 3.05) is 32.8 Å². The predicted octanol–water partition coefficient (Wildman–Crippen LogP) is 0.646. The summed E-state index contributed by atoms with van der Waals surface area (Å²) in [7, 11) is 1.41. The van der Waals surface area contributed by atoms with Crippen molar-refractivity contribution in [1.82, 2.24) is 4.90 Å². The lowest BCUT2D eigenvalue weighted by atomic mass is 10.2. The minimum absolute atomic E-state index is 0.186. The van der Waals surface area contributed by atoms with Crippen molar-refractivity contribution in [3.8, 4) is 0 Å². The maximum Gasteiger partial charge on any atom is 0.0791 e. The Labute approximate surface area is 88.6 Å². The molecule has 1 aliphatic rings. The standard InChI is InChI=1S/C8H17NO2S2/c1-7(13-12)8(10)6-9-2-4-11-5-3-9/h7-8,10,12H,2-6H2,1H3. The highest BCUT2D eigenvalue weighted by atomic mass is 33.1. The molecule has 1 rings (SSSR count). The summed E-state index contributed by atoms with van der Waals surface area (Å²) in [5.74, 6) is 0. The molecule has 0 aliphatic carbocycles. The second-order valence-corrected chi connectivity index (χ2v) is 4.88. The Morgan fingerprint density at radius 1 is 1.54 bits per heavy atom. The molecule has 1 heterocycles. The number of hydrogen-bond donors (Lipinski definition) is 2. The lowest BCUT2D eigenvalue weighted by Crippen LogP contribution is -2.43. The van der Waals surface area contributed by atoms with Crippen molar-refractivity contribution in [2.45, 2.75) is 18.3 Å². The van der Waals surface area contributed by atoms with Crippen LogP contribution in [0, 0.1) is 0 Å². The third-order valence-corrected chi connectivity index (χ3v) is 3.90. The minimum Gasteiger partial charge on any atom is -0.391 e. The highest BCUT2D eigenvalue weighted by Crippen LogP contribution is 2.18. The highest BCUT2D eigenvalue weighted by molar-refractivity contribution is 8.68. The lowest BCUT2D eigenvalue weighted by Gasteiger charge is -2.29. The van der Waals surface area contributed by atoms with Crippen LogP contribution in [0.5, 0.6) is 0 Å². The molecule has 1 fully saturated rings. The van der Waals surface area contributed by atoms with E-state index in [9.17, 15) is 5.11 Å². The van der Waals surface area contributed by atoms with Gasteiger partial charge in [0.15, 0.2) is 0 Å². The van der Waals surface area contributed by atoms with Gasteiger partial charge in [-0.15, -0.1) is 11.7 Å². The summed E-state index contributed by atoms with van der Waals surface area (Å²) in [4.78, 5) is 2.23. The van der Waals surface area contributed by atoms with Gasteiger partial charge in [-0.05, 0) is 6.92 Å². The van der Waals surface area contributed by atoms with E-state index >= 15 is 0 Å². The topological polar surface area (TPSA) is 32.7 Å². The molecule has 0 aromatic carbocycles. The van der Waals surface area contributed by atoms with Crippen LogP contribution in [0.25, 0.3) is 0 Å². The van der Waals surface area contributed by atoms with E-state index in [0.29, 0.717) is 0 Å². The first kappa shape index (κ1) is 11.7. The van der Waals surface area contributed by atoms with Crippen molar-refractivity contribution in [3.05, 3.63) is 0 Å². The second kappa shape index (κ2) is 6.14. The van der Waals surface area contributed by atoms with Gasteiger partial charge >= 0.3 is 0 Å². The molecule has 0 saturated carbocycles. The van der Waals surface area contributed by atoms with Gasteiger partial charge in [0.2, 0.25) is 0 Å². The monoisotopic (exact) mass is 223 g/mol. The molecule has 1 saturated heterocycles. The molecular weight excluding hydrogens is 206 g/mol. The van der Waals surface area contributed by atoms with Crippen LogP contribution in [0.3, 0.4) is 0 Å². The molecule has 3 nitrogen and oxygen atoms in total. The molecule has 2 atom stereocenters. The van der Waals surface area contributed by atoms with E-state index in [1.165, 1.54) is 10.8 Å². The SMILES string of the molecule is CC(SS)C(O)CN1CCOCC1. The van der Waals surface area contributed by atoms with Gasteiger partial charge in [0.1, 0.15) is 0 Å². The fourth-order valence-corrected chi connectivity index (χ4v) is 1.92. The number of aliphatic hydroxyl groups is 1. The fourth-order valence-electron chi connectivity index (χ4n) is 1.27. The van der Waals surface area contributed by atoms with Crippen LogP contribution in [-0.4, -0.2) is 54.2 Å². The van der Waals surface area contributed by atoms with Gasteiger partial charge < -0.3 is 9.84 Å². The molecule has 0 aromatic rings. The van der Waals surface area contributed by atoms with E-state index in [4.69, 9.17) is 4.74 Å². The molecule has 0 bridgehead atoms. The van der Waals surface area contributed by atoms with Gasteiger partial charge in [-0.3, -0.25) is 4.90 Å². The van der Waals surface area contributed by atoms with Gasteiger partial charge in [-0.25, -0.2) is 0 Å². The van der Waals surface area contributed by atoms with E-state index < -0.39 is 0 Å². The molecule has 13 heavy (non-hydrogen) atoms. The van der Waals surface area contributed by atoms with Crippen molar-refractivity contribution in [2.24, 2.45) is 0 Å². The Balaban J connectivity index is 2.21. The Hall–Kier alpha value is 0.580. The quantitative estimate of drug-likeness (QED) is 0.541. The summed E-state index contributed by atoms with van der Waals surface area (Å²) in [6.45, 7) is 6.16. The zero-order valence-electron chi connectivity index (χ0n) is 7.85. The number of aliphatic hydroxyl groups excluding tert-OH is 1. The van der Waals surface area contributed by atoms with Gasteiger partial charge in [-0.1, -0.05) is 10.8 Å². The largest absolute Gasteiger partial charge is 0.391 e. The summed E-state index contributed by atoms with van der Waals surface area (Å²) in [6.07, 6.45) is -0.291. The van der Waals surface area contributed by atoms with Crippen molar-refractivity contribution in [1.29, 1.82) is 0 Å². The van der Waals surface area contributed by atoms with Crippen LogP contribution in [0.15, 0.2) is 0 Å². The van der Waals surface area contributed by atoms with Crippen LogP contribution in [0.2, 0.25) is 0 Å². The normalized spacial score (nSPS) is 24.2. The molecule has 78 valence electrons. The van der Waals surface area contributed by atoms with E-state index in [0.717, 1.165) is 32.8 Å². The molecule has 1 aliphatic heterocycles. The zero-order valence-corrected chi connectivity index (χ0v) is 9.56. The molecule has 1 N–H and O–H groups in total. The molecule has 5 heteroatoms. The van der Waals surface area contributed by atoms with Gasteiger partial charge in [0.25, 0.3) is 0 Å². The Bertz CT molecular complexity index is 142. The Kier molecular flexibility index (Phi) is 5.50. The lowest BCUT2D eigenvalue weighted by molar-refractivity contribution is 0.0152. The average Bonchev–Trinajstić information content (AvgIpc) is 2.18. The van der Waals surface area contributed by atoms with Crippen LogP contribution >= 0.6 is 22.5 Å². The molecule has 0 aromatic heterocycles. The number of thiol groups is 1. The molecule has 2 unspecified atom stereocenters. The molecule has 0 spiro atoms. The predicted molar refractivity (Wildman–Crippen MR) is 59.3 cm³/mol. The van der Waals surface area contributed by atoms with Gasteiger partial charge in [0, 0.05) is 24.9 Å². The van der Waals surface area contributed by atoms with Crippen molar-refractivity contribution in [3.63, 3.8) is 0 Å². The van der Waals surface area contributed by atoms with Crippen LogP contribution in [0.4, 0.5) is 0 Å². The second-order valence-electron chi connectivity index (χ2n) is 3.29. The maximum atomic E-state index is 9.72. The molecule has 0 radical (unpaired) electrons. The number of rotatable bonds is 4. The Morgan fingerprint density at radius 2 is 2.15 bits per heavy atom. The summed E-state index contributed by atoms with van der Waals surface area (Å²) in [5, 5.41) is 9.90. The smallest absolute Gasteiger partial charge is 0.0791 e. The molecule has 0 amide bonds. The minimum atomic E-state index is -0.291. The molecular formula is C8H17NO2S2. The van der Waals surface area contributed by atoms with Crippen molar-refractivity contribution >= 4 is 22.5 Å². The number of morpholine rings is 1. The van der Waals surface area contributed by atoms with E-state index in [-0.39, 0.29) is 11.4 Å². The number of nitrogens with zero attached hydrogens (tertiary/aromatic N) is 1. The first-order valence-electron chi connectivity index (χ1n) is 4.52.